The van der Waals surface area contributed by atoms with Crippen LogP contribution in [0.3, 0.4) is 0 Å². The van der Waals surface area contributed by atoms with Gasteiger partial charge in [0.05, 0.1) is 8.07 Å². The van der Waals surface area contributed by atoms with E-state index in [1.54, 1.807) is 5.57 Å². The van der Waals surface area contributed by atoms with E-state index in [1.165, 1.54) is 27.4 Å². The van der Waals surface area contributed by atoms with Crippen LogP contribution in [0.2, 0.25) is 19.6 Å². The third-order valence-electron chi connectivity index (χ3n) is 4.72. The fourth-order valence-corrected chi connectivity index (χ4v) is 4.33. The Labute approximate surface area is 135 Å². The number of allylic oxidation sites excluding steroid dienone is 1. The monoisotopic (exact) mass is 306 g/mol. The molecule has 1 aliphatic carbocycles. The highest BCUT2D eigenvalue weighted by Crippen LogP contribution is 2.36. The van der Waals surface area contributed by atoms with Crippen molar-refractivity contribution in [3.8, 4) is 11.1 Å². The quantitative estimate of drug-likeness (QED) is 0.657. The minimum Gasteiger partial charge on any atom is -0.0656 e. The Hall–Kier alpha value is -1.60. The molecule has 22 heavy (non-hydrogen) atoms. The summed E-state index contributed by atoms with van der Waals surface area (Å²) in [6.45, 7) is 11.8. The van der Waals surface area contributed by atoms with Gasteiger partial charge in [0, 0.05) is 0 Å². The normalized spacial score (nSPS) is 14.2. The number of rotatable bonds is 3. The van der Waals surface area contributed by atoms with E-state index >= 15 is 0 Å². The summed E-state index contributed by atoms with van der Waals surface area (Å²) in [5.41, 5.74) is 7.21. The van der Waals surface area contributed by atoms with Gasteiger partial charge in [-0.2, -0.15) is 0 Å². The minimum absolute atomic E-state index is 0.634. The van der Waals surface area contributed by atoms with Crippen molar-refractivity contribution in [1.82, 2.24) is 0 Å². The molecule has 0 atom stereocenters. The van der Waals surface area contributed by atoms with Crippen LogP contribution in [0.1, 0.15) is 25.0 Å². The van der Waals surface area contributed by atoms with Crippen molar-refractivity contribution in [1.29, 1.82) is 0 Å². The van der Waals surface area contributed by atoms with Crippen LogP contribution in [0.15, 0.2) is 48.0 Å². The molecule has 0 saturated carbocycles. The lowest BCUT2D eigenvalue weighted by molar-refractivity contribution is 0.754. The first-order valence-electron chi connectivity index (χ1n) is 8.29. The summed E-state index contributed by atoms with van der Waals surface area (Å²) in [4.78, 5) is 0. The van der Waals surface area contributed by atoms with E-state index in [2.05, 4.69) is 82.0 Å². The second-order valence-corrected chi connectivity index (χ2v) is 12.8. The maximum atomic E-state index is 2.42. The number of hydrogen-bond acceptors (Lipinski definition) is 0. The molecular formula is C21H26Si. The Morgan fingerprint density at radius 2 is 1.59 bits per heavy atom. The molecule has 0 spiro atoms. The second kappa shape index (κ2) is 5.55. The molecule has 1 aliphatic rings. The van der Waals surface area contributed by atoms with Crippen LogP contribution in [0, 0.1) is 5.92 Å². The van der Waals surface area contributed by atoms with Gasteiger partial charge in [0.25, 0.3) is 0 Å². The predicted molar refractivity (Wildman–Crippen MR) is 101 cm³/mol. The molecular weight excluding hydrogens is 280 g/mol. The van der Waals surface area contributed by atoms with Gasteiger partial charge in [-0.25, -0.2) is 0 Å². The Bertz CT molecular complexity index is 713. The lowest BCUT2D eigenvalue weighted by Gasteiger charge is -2.17. The summed E-state index contributed by atoms with van der Waals surface area (Å²) in [7, 11) is -1.22. The Morgan fingerprint density at radius 3 is 2.18 bits per heavy atom. The fraction of sp³-hybridized carbons (Fsp3) is 0.333. The van der Waals surface area contributed by atoms with E-state index < -0.39 is 8.07 Å². The SMILES string of the molecule is CC(C)C1=Cc2c(cccc2-c2ccc([Si](C)(C)C)cc2)C1. The molecule has 0 nitrogen and oxygen atoms in total. The van der Waals surface area contributed by atoms with E-state index in [0.29, 0.717) is 5.92 Å². The van der Waals surface area contributed by atoms with Crippen molar-refractivity contribution < 1.29 is 0 Å². The van der Waals surface area contributed by atoms with Crippen molar-refractivity contribution in [3.05, 3.63) is 59.2 Å². The molecule has 0 N–H and O–H groups in total. The Morgan fingerprint density at radius 1 is 0.909 bits per heavy atom. The highest BCUT2D eigenvalue weighted by Gasteiger charge is 2.19. The molecule has 2 aromatic carbocycles. The van der Waals surface area contributed by atoms with Gasteiger partial charge in [0.15, 0.2) is 0 Å². The molecule has 1 heteroatoms. The van der Waals surface area contributed by atoms with E-state index in [9.17, 15) is 0 Å². The van der Waals surface area contributed by atoms with Gasteiger partial charge in [-0.05, 0) is 34.6 Å². The molecule has 0 amide bonds. The molecule has 0 heterocycles. The standard InChI is InChI=1S/C21H26Si/c1-15(2)18-13-17-7-6-8-20(21(17)14-18)16-9-11-19(12-10-16)22(3,4)5/h6-12,14-15H,13H2,1-5H3. The Balaban J connectivity index is 2.03. The van der Waals surface area contributed by atoms with Crippen molar-refractivity contribution in [3.63, 3.8) is 0 Å². The molecule has 0 aliphatic heterocycles. The van der Waals surface area contributed by atoms with E-state index in [4.69, 9.17) is 0 Å². The van der Waals surface area contributed by atoms with Gasteiger partial charge in [-0.3, -0.25) is 0 Å². The zero-order valence-corrected chi connectivity index (χ0v) is 15.4. The summed E-state index contributed by atoms with van der Waals surface area (Å²) in [5, 5.41) is 1.53. The molecule has 0 unspecified atom stereocenters. The zero-order chi connectivity index (χ0) is 15.9. The van der Waals surface area contributed by atoms with Crippen molar-refractivity contribution in [2.24, 2.45) is 5.92 Å². The molecule has 114 valence electrons. The molecule has 0 aromatic heterocycles. The van der Waals surface area contributed by atoms with Gasteiger partial charge < -0.3 is 0 Å². The largest absolute Gasteiger partial charge is 0.0775 e. The van der Waals surface area contributed by atoms with Crippen molar-refractivity contribution in [2.75, 3.05) is 0 Å². The van der Waals surface area contributed by atoms with Crippen molar-refractivity contribution in [2.45, 2.75) is 39.9 Å². The summed E-state index contributed by atoms with van der Waals surface area (Å²) in [6.07, 6.45) is 3.54. The highest BCUT2D eigenvalue weighted by molar-refractivity contribution is 6.88. The molecule has 0 bridgehead atoms. The first-order valence-corrected chi connectivity index (χ1v) is 11.8. The van der Waals surface area contributed by atoms with Gasteiger partial charge in [-0.1, -0.05) is 92.8 Å². The lowest BCUT2D eigenvalue weighted by Crippen LogP contribution is -2.37. The summed E-state index contributed by atoms with van der Waals surface area (Å²) in [5.74, 6) is 0.634. The van der Waals surface area contributed by atoms with Crippen LogP contribution >= 0.6 is 0 Å². The highest BCUT2D eigenvalue weighted by atomic mass is 28.3. The molecule has 3 rings (SSSR count). The van der Waals surface area contributed by atoms with Crippen LogP contribution < -0.4 is 5.19 Å². The van der Waals surface area contributed by atoms with Crippen LogP contribution in [-0.4, -0.2) is 8.07 Å². The van der Waals surface area contributed by atoms with Gasteiger partial charge in [0.2, 0.25) is 0 Å². The molecule has 0 radical (unpaired) electrons. The smallest absolute Gasteiger partial charge is 0.0656 e. The third-order valence-corrected chi connectivity index (χ3v) is 6.79. The minimum atomic E-state index is -1.22. The third kappa shape index (κ3) is 2.82. The lowest BCUT2D eigenvalue weighted by atomic mass is 9.97. The second-order valence-electron chi connectivity index (χ2n) is 7.76. The topological polar surface area (TPSA) is 0 Å². The van der Waals surface area contributed by atoms with Gasteiger partial charge in [0.1, 0.15) is 0 Å². The first kappa shape index (κ1) is 15.3. The van der Waals surface area contributed by atoms with Crippen LogP contribution in [0.4, 0.5) is 0 Å². The average Bonchev–Trinajstić information content (AvgIpc) is 2.90. The zero-order valence-electron chi connectivity index (χ0n) is 14.4. The molecule has 0 fully saturated rings. The van der Waals surface area contributed by atoms with E-state index in [-0.39, 0.29) is 0 Å². The maximum Gasteiger partial charge on any atom is 0.0775 e. The number of fused-ring (bicyclic) bond motifs is 1. The predicted octanol–water partition coefficient (Wildman–Crippen LogP) is 5.49. The van der Waals surface area contributed by atoms with E-state index in [0.717, 1.165) is 6.42 Å². The maximum absolute atomic E-state index is 2.42. The number of hydrogen-bond donors (Lipinski definition) is 0. The van der Waals surface area contributed by atoms with Crippen molar-refractivity contribution >= 4 is 19.3 Å². The number of benzene rings is 2. The first-order chi connectivity index (χ1) is 10.4. The molecule has 2 aromatic rings. The fourth-order valence-electron chi connectivity index (χ4n) is 3.17. The summed E-state index contributed by atoms with van der Waals surface area (Å²) < 4.78 is 0. The summed E-state index contributed by atoms with van der Waals surface area (Å²) in [6, 6.07) is 16.0. The summed E-state index contributed by atoms with van der Waals surface area (Å²) >= 11 is 0. The molecule has 0 saturated heterocycles. The van der Waals surface area contributed by atoms with E-state index in [1.807, 2.05) is 0 Å². The average molecular weight is 307 g/mol. The van der Waals surface area contributed by atoms with Crippen LogP contribution in [0.5, 0.6) is 0 Å². The van der Waals surface area contributed by atoms with Gasteiger partial charge in [-0.15, -0.1) is 0 Å². The van der Waals surface area contributed by atoms with Gasteiger partial charge >= 0.3 is 0 Å². The van der Waals surface area contributed by atoms with Crippen LogP contribution in [-0.2, 0) is 6.42 Å². The Kier molecular flexibility index (Phi) is 3.86. The van der Waals surface area contributed by atoms with Crippen LogP contribution in [0.25, 0.3) is 17.2 Å².